The van der Waals surface area contributed by atoms with Gasteiger partial charge >= 0.3 is 6.09 Å². The number of rotatable bonds is 6. The normalized spacial score (nSPS) is 15.2. The molecule has 154 valence electrons. The fourth-order valence-electron chi connectivity index (χ4n) is 3.20. The third kappa shape index (κ3) is 6.98. The molecule has 0 radical (unpaired) electrons. The van der Waals surface area contributed by atoms with Crippen molar-refractivity contribution in [2.75, 3.05) is 13.1 Å². The molecular formula is C22H32N2O4. The second kappa shape index (κ2) is 9.71. The lowest BCUT2D eigenvalue weighted by molar-refractivity contribution is -0.132. The molecule has 2 rings (SSSR count). The Morgan fingerprint density at radius 2 is 1.68 bits per heavy atom. The Balaban J connectivity index is 1.72. The molecule has 1 saturated heterocycles. The van der Waals surface area contributed by atoms with E-state index in [0.29, 0.717) is 31.5 Å². The summed E-state index contributed by atoms with van der Waals surface area (Å²) in [6, 6.07) is 7.59. The van der Waals surface area contributed by atoms with Crippen molar-refractivity contribution in [2.24, 2.45) is 0 Å². The molecule has 6 heteroatoms. The Hall–Kier alpha value is -2.37. The monoisotopic (exact) mass is 388 g/mol. The highest BCUT2D eigenvalue weighted by Gasteiger charge is 2.26. The Labute approximate surface area is 167 Å². The predicted molar refractivity (Wildman–Crippen MR) is 108 cm³/mol. The maximum Gasteiger partial charge on any atom is 0.407 e. The molecule has 1 aliphatic heterocycles. The summed E-state index contributed by atoms with van der Waals surface area (Å²) in [5.74, 6) is -0.00766. The molecule has 1 aromatic rings. The zero-order chi connectivity index (χ0) is 20.7. The number of amides is 2. The van der Waals surface area contributed by atoms with Crippen molar-refractivity contribution in [3.63, 3.8) is 0 Å². The molecule has 0 saturated carbocycles. The fourth-order valence-corrected chi connectivity index (χ4v) is 3.20. The van der Waals surface area contributed by atoms with Crippen LogP contribution in [0.1, 0.15) is 69.3 Å². The van der Waals surface area contributed by atoms with Crippen LogP contribution < -0.4 is 5.32 Å². The van der Waals surface area contributed by atoms with E-state index < -0.39 is 11.7 Å². The van der Waals surface area contributed by atoms with Gasteiger partial charge in [0.05, 0.1) is 0 Å². The number of nitrogens with one attached hydrogen (secondary N) is 1. The highest BCUT2D eigenvalue weighted by Crippen LogP contribution is 2.15. The number of ketones is 1. The Bertz CT molecular complexity index is 683. The standard InChI is InChI=1S/C22H32N2O4/c1-5-16-6-8-17(9-7-16)19(25)10-11-20(26)24-14-12-18(13-15-24)23-21(27)28-22(2,3)4/h6-9,18H,5,10-15H2,1-4H3,(H,23,27). The van der Waals surface area contributed by atoms with Crippen molar-refractivity contribution < 1.29 is 19.1 Å². The smallest absolute Gasteiger partial charge is 0.407 e. The Morgan fingerprint density at radius 3 is 2.21 bits per heavy atom. The first kappa shape index (κ1) is 21.9. The number of hydrogen-bond acceptors (Lipinski definition) is 4. The molecule has 2 amide bonds. The van der Waals surface area contributed by atoms with E-state index in [1.165, 1.54) is 5.56 Å². The van der Waals surface area contributed by atoms with Gasteiger partial charge in [-0.3, -0.25) is 9.59 Å². The lowest BCUT2D eigenvalue weighted by Crippen LogP contribution is -2.47. The van der Waals surface area contributed by atoms with Crippen molar-refractivity contribution in [2.45, 2.75) is 71.4 Å². The van der Waals surface area contributed by atoms with Crippen LogP contribution in [-0.2, 0) is 16.0 Å². The number of alkyl carbamates (subject to hydrolysis) is 1. The van der Waals surface area contributed by atoms with E-state index in [-0.39, 0.29) is 30.6 Å². The number of nitrogens with zero attached hydrogens (tertiary/aromatic N) is 1. The molecule has 1 fully saturated rings. The van der Waals surface area contributed by atoms with E-state index >= 15 is 0 Å². The molecule has 1 aromatic carbocycles. The predicted octanol–water partition coefficient (Wildman–Crippen LogP) is 3.73. The number of carbonyl (C=O) groups is 3. The van der Waals surface area contributed by atoms with E-state index in [2.05, 4.69) is 12.2 Å². The summed E-state index contributed by atoms with van der Waals surface area (Å²) in [7, 11) is 0. The summed E-state index contributed by atoms with van der Waals surface area (Å²) in [6.45, 7) is 8.72. The minimum Gasteiger partial charge on any atom is -0.444 e. The molecule has 1 heterocycles. The van der Waals surface area contributed by atoms with Crippen molar-refractivity contribution >= 4 is 17.8 Å². The molecule has 1 N–H and O–H groups in total. The summed E-state index contributed by atoms with van der Waals surface area (Å²) < 4.78 is 5.27. The van der Waals surface area contributed by atoms with E-state index in [4.69, 9.17) is 4.74 Å². The van der Waals surface area contributed by atoms with E-state index in [1.807, 2.05) is 45.0 Å². The van der Waals surface area contributed by atoms with Gasteiger partial charge in [-0.2, -0.15) is 0 Å². The maximum absolute atomic E-state index is 12.4. The molecule has 28 heavy (non-hydrogen) atoms. The van der Waals surface area contributed by atoms with E-state index in [1.54, 1.807) is 4.90 Å². The van der Waals surface area contributed by atoms with Crippen molar-refractivity contribution in [1.29, 1.82) is 0 Å². The number of ether oxygens (including phenoxy) is 1. The second-order valence-corrected chi connectivity index (χ2v) is 8.27. The number of hydrogen-bond donors (Lipinski definition) is 1. The molecule has 0 bridgehead atoms. The van der Waals surface area contributed by atoms with Gasteiger partial charge in [0.25, 0.3) is 0 Å². The topological polar surface area (TPSA) is 75.7 Å². The quantitative estimate of drug-likeness (QED) is 0.754. The van der Waals surface area contributed by atoms with Gasteiger partial charge in [0.1, 0.15) is 5.60 Å². The van der Waals surface area contributed by atoms with Crippen LogP contribution in [0.3, 0.4) is 0 Å². The summed E-state index contributed by atoms with van der Waals surface area (Å²) in [5, 5.41) is 2.86. The highest BCUT2D eigenvalue weighted by molar-refractivity contribution is 5.98. The van der Waals surface area contributed by atoms with Crippen molar-refractivity contribution in [1.82, 2.24) is 10.2 Å². The lowest BCUT2D eigenvalue weighted by atomic mass is 10.0. The van der Waals surface area contributed by atoms with E-state index in [9.17, 15) is 14.4 Å². The average molecular weight is 389 g/mol. The number of piperidine rings is 1. The number of Topliss-reactive ketones (excluding diaryl/α,β-unsaturated/α-hetero) is 1. The average Bonchev–Trinajstić information content (AvgIpc) is 2.65. The van der Waals surface area contributed by atoms with Crippen LogP contribution in [0.2, 0.25) is 0 Å². The van der Waals surface area contributed by atoms with Crippen LogP contribution in [0.25, 0.3) is 0 Å². The molecule has 0 atom stereocenters. The number of carbonyl (C=O) groups excluding carboxylic acids is 3. The van der Waals surface area contributed by atoms with Gasteiger partial charge in [0.2, 0.25) is 5.91 Å². The van der Waals surface area contributed by atoms with Gasteiger partial charge in [-0.15, -0.1) is 0 Å². The summed E-state index contributed by atoms with van der Waals surface area (Å²) in [4.78, 5) is 38.3. The number of likely N-dealkylation sites (tertiary alicyclic amines) is 1. The van der Waals surface area contributed by atoms with Crippen LogP contribution in [-0.4, -0.2) is 47.4 Å². The first-order valence-corrected chi connectivity index (χ1v) is 10.1. The third-order valence-electron chi connectivity index (χ3n) is 4.82. The van der Waals surface area contributed by atoms with Crippen LogP contribution in [0.15, 0.2) is 24.3 Å². The lowest BCUT2D eigenvalue weighted by Gasteiger charge is -2.33. The second-order valence-electron chi connectivity index (χ2n) is 8.27. The molecule has 0 unspecified atom stereocenters. The van der Waals surface area contributed by atoms with Gasteiger partial charge in [-0.05, 0) is 45.6 Å². The van der Waals surface area contributed by atoms with E-state index in [0.717, 1.165) is 6.42 Å². The summed E-state index contributed by atoms with van der Waals surface area (Å²) in [5.41, 5.74) is 1.32. The molecule has 6 nitrogen and oxygen atoms in total. The first-order chi connectivity index (χ1) is 13.2. The van der Waals surface area contributed by atoms with Crippen LogP contribution in [0.5, 0.6) is 0 Å². The minimum absolute atomic E-state index is 0.00233. The van der Waals surface area contributed by atoms with Crippen LogP contribution in [0, 0.1) is 0 Å². The molecular weight excluding hydrogens is 356 g/mol. The third-order valence-corrected chi connectivity index (χ3v) is 4.82. The van der Waals surface area contributed by atoms with Gasteiger partial charge in [0.15, 0.2) is 5.78 Å². The van der Waals surface area contributed by atoms with Gasteiger partial charge < -0.3 is 15.0 Å². The summed E-state index contributed by atoms with van der Waals surface area (Å²) >= 11 is 0. The SMILES string of the molecule is CCc1ccc(C(=O)CCC(=O)N2CCC(NC(=O)OC(C)(C)C)CC2)cc1. The zero-order valence-corrected chi connectivity index (χ0v) is 17.4. The fraction of sp³-hybridized carbons (Fsp3) is 0.591. The number of benzene rings is 1. The van der Waals surface area contributed by atoms with Gasteiger partial charge in [0, 0.05) is 37.5 Å². The largest absolute Gasteiger partial charge is 0.444 e. The van der Waals surface area contributed by atoms with Crippen molar-refractivity contribution in [3.8, 4) is 0 Å². The van der Waals surface area contributed by atoms with Gasteiger partial charge in [-0.1, -0.05) is 31.2 Å². The molecule has 0 aromatic heterocycles. The highest BCUT2D eigenvalue weighted by atomic mass is 16.6. The zero-order valence-electron chi connectivity index (χ0n) is 17.4. The summed E-state index contributed by atoms with van der Waals surface area (Å²) in [6.07, 6.45) is 2.34. The minimum atomic E-state index is -0.524. The first-order valence-electron chi connectivity index (χ1n) is 10.1. The Morgan fingerprint density at radius 1 is 1.07 bits per heavy atom. The maximum atomic E-state index is 12.4. The Kier molecular flexibility index (Phi) is 7.61. The van der Waals surface area contributed by atoms with Crippen molar-refractivity contribution in [3.05, 3.63) is 35.4 Å². The van der Waals surface area contributed by atoms with Gasteiger partial charge in [-0.25, -0.2) is 4.79 Å². The number of aryl methyl sites for hydroxylation is 1. The molecule has 1 aliphatic rings. The van der Waals surface area contributed by atoms with Crippen LogP contribution >= 0.6 is 0 Å². The van der Waals surface area contributed by atoms with Crippen LogP contribution in [0.4, 0.5) is 4.79 Å². The molecule has 0 spiro atoms. The molecule has 0 aliphatic carbocycles.